The maximum absolute atomic E-state index is 12.9. The van der Waals surface area contributed by atoms with Gasteiger partial charge in [0.2, 0.25) is 11.8 Å². The number of amides is 2. The van der Waals surface area contributed by atoms with Crippen LogP contribution in [0.1, 0.15) is 18.5 Å². The summed E-state index contributed by atoms with van der Waals surface area (Å²) in [5.41, 5.74) is 2.50. The van der Waals surface area contributed by atoms with Gasteiger partial charge in [-0.3, -0.25) is 9.59 Å². The highest BCUT2D eigenvalue weighted by Crippen LogP contribution is 2.16. The van der Waals surface area contributed by atoms with Crippen molar-refractivity contribution in [1.29, 1.82) is 0 Å². The van der Waals surface area contributed by atoms with Crippen molar-refractivity contribution in [2.24, 2.45) is 0 Å². The van der Waals surface area contributed by atoms with Crippen LogP contribution in [0.25, 0.3) is 5.69 Å². The highest BCUT2D eigenvalue weighted by atomic mass is 32.2. The minimum absolute atomic E-state index is 0.138. The molecular formula is C21H21FN4O2S. The van der Waals surface area contributed by atoms with Gasteiger partial charge in [-0.05, 0) is 48.9 Å². The van der Waals surface area contributed by atoms with Gasteiger partial charge in [0.05, 0.1) is 23.9 Å². The van der Waals surface area contributed by atoms with E-state index in [0.29, 0.717) is 5.69 Å². The van der Waals surface area contributed by atoms with Gasteiger partial charge in [-0.2, -0.15) is 0 Å². The van der Waals surface area contributed by atoms with Gasteiger partial charge in [-0.1, -0.05) is 12.1 Å². The molecule has 0 saturated carbocycles. The molecule has 0 aliphatic carbocycles. The first-order chi connectivity index (χ1) is 14.0. The SMILES string of the molecule is C[C@H](NC(=O)CSCC(=O)Nc1ccc(F)cc1)c1ccc(-n2ccnc2)cc1. The topological polar surface area (TPSA) is 76.0 Å². The number of hydrogen-bond donors (Lipinski definition) is 2. The van der Waals surface area contributed by atoms with Gasteiger partial charge in [-0.15, -0.1) is 11.8 Å². The average Bonchev–Trinajstić information content (AvgIpc) is 3.25. The lowest BCUT2D eigenvalue weighted by molar-refractivity contribution is -0.119. The molecule has 1 atom stereocenters. The molecule has 3 aromatic rings. The van der Waals surface area contributed by atoms with Crippen molar-refractivity contribution in [3.8, 4) is 5.69 Å². The van der Waals surface area contributed by atoms with Crippen LogP contribution in [0.15, 0.2) is 67.3 Å². The van der Waals surface area contributed by atoms with E-state index in [-0.39, 0.29) is 35.2 Å². The van der Waals surface area contributed by atoms with E-state index in [1.807, 2.05) is 42.0 Å². The van der Waals surface area contributed by atoms with Gasteiger partial charge in [0.1, 0.15) is 5.82 Å². The first-order valence-corrected chi connectivity index (χ1v) is 10.2. The summed E-state index contributed by atoms with van der Waals surface area (Å²) in [6, 6.07) is 13.2. The Morgan fingerprint density at radius 1 is 1.07 bits per heavy atom. The zero-order valence-electron chi connectivity index (χ0n) is 15.8. The number of benzene rings is 2. The van der Waals surface area contributed by atoms with Crippen molar-refractivity contribution in [2.45, 2.75) is 13.0 Å². The Kier molecular flexibility index (Phi) is 7.02. The largest absolute Gasteiger partial charge is 0.349 e. The average molecular weight is 412 g/mol. The second kappa shape index (κ2) is 9.88. The highest BCUT2D eigenvalue weighted by molar-refractivity contribution is 8.00. The molecule has 0 bridgehead atoms. The molecule has 2 N–H and O–H groups in total. The lowest BCUT2D eigenvalue weighted by Gasteiger charge is -2.15. The zero-order chi connectivity index (χ0) is 20.6. The molecular weight excluding hydrogens is 391 g/mol. The van der Waals surface area contributed by atoms with Crippen LogP contribution in [0.2, 0.25) is 0 Å². The third-order valence-electron chi connectivity index (χ3n) is 4.17. The minimum atomic E-state index is -0.362. The number of thioether (sulfide) groups is 1. The summed E-state index contributed by atoms with van der Waals surface area (Å²) in [5, 5.41) is 5.59. The van der Waals surface area contributed by atoms with Crippen molar-refractivity contribution in [2.75, 3.05) is 16.8 Å². The Hall–Kier alpha value is -3.13. The van der Waals surface area contributed by atoms with Gasteiger partial charge < -0.3 is 15.2 Å². The summed E-state index contributed by atoms with van der Waals surface area (Å²) in [7, 11) is 0. The van der Waals surface area contributed by atoms with E-state index in [1.165, 1.54) is 36.0 Å². The Bertz CT molecular complexity index is 944. The molecule has 0 radical (unpaired) electrons. The summed E-state index contributed by atoms with van der Waals surface area (Å²) in [5.74, 6) is -0.430. The molecule has 0 aliphatic rings. The van der Waals surface area contributed by atoms with E-state index in [0.717, 1.165) is 11.3 Å². The zero-order valence-corrected chi connectivity index (χ0v) is 16.7. The predicted octanol–water partition coefficient (Wildman–Crippen LogP) is 3.56. The van der Waals surface area contributed by atoms with Gasteiger partial charge in [0.15, 0.2) is 0 Å². The summed E-state index contributed by atoms with van der Waals surface area (Å²) >= 11 is 1.22. The highest BCUT2D eigenvalue weighted by Gasteiger charge is 2.11. The Balaban J connectivity index is 1.40. The van der Waals surface area contributed by atoms with Crippen molar-refractivity contribution in [1.82, 2.24) is 14.9 Å². The minimum Gasteiger partial charge on any atom is -0.349 e. The molecule has 6 nitrogen and oxygen atoms in total. The van der Waals surface area contributed by atoms with E-state index in [1.54, 1.807) is 12.5 Å². The summed E-state index contributed by atoms with van der Waals surface area (Å²) < 4.78 is 14.8. The first kappa shape index (κ1) is 20.6. The van der Waals surface area contributed by atoms with E-state index in [2.05, 4.69) is 15.6 Å². The number of carbonyl (C=O) groups excluding carboxylic acids is 2. The predicted molar refractivity (Wildman–Crippen MR) is 112 cm³/mol. The quantitative estimate of drug-likeness (QED) is 0.593. The van der Waals surface area contributed by atoms with Crippen LogP contribution >= 0.6 is 11.8 Å². The molecule has 1 heterocycles. The van der Waals surface area contributed by atoms with Crippen LogP contribution in [0.3, 0.4) is 0 Å². The molecule has 3 rings (SSSR count). The van der Waals surface area contributed by atoms with E-state index in [4.69, 9.17) is 0 Å². The number of imidazole rings is 1. The molecule has 0 spiro atoms. The number of hydrogen-bond acceptors (Lipinski definition) is 4. The van der Waals surface area contributed by atoms with Crippen LogP contribution < -0.4 is 10.6 Å². The Labute approximate surface area is 172 Å². The number of halogens is 1. The molecule has 2 amide bonds. The second-order valence-electron chi connectivity index (χ2n) is 6.40. The Morgan fingerprint density at radius 3 is 2.41 bits per heavy atom. The fourth-order valence-corrected chi connectivity index (χ4v) is 3.31. The standard InChI is InChI=1S/C21H21FN4O2S/c1-15(16-2-8-19(9-3-16)26-11-10-23-14-26)24-20(27)12-29-13-21(28)25-18-6-4-17(22)5-7-18/h2-11,14-15H,12-13H2,1H3,(H,24,27)(H,25,28)/t15-/m0/s1. The molecule has 29 heavy (non-hydrogen) atoms. The number of anilines is 1. The summed E-state index contributed by atoms with van der Waals surface area (Å²) in [6.07, 6.45) is 5.31. The van der Waals surface area contributed by atoms with Crippen molar-refractivity contribution in [3.63, 3.8) is 0 Å². The fourth-order valence-electron chi connectivity index (χ4n) is 2.68. The molecule has 0 unspecified atom stereocenters. The summed E-state index contributed by atoms with van der Waals surface area (Å²) in [4.78, 5) is 28.1. The van der Waals surface area contributed by atoms with Gasteiger partial charge >= 0.3 is 0 Å². The third kappa shape index (κ3) is 6.18. The fraction of sp³-hybridized carbons (Fsp3) is 0.190. The number of nitrogens with zero attached hydrogens (tertiary/aromatic N) is 2. The molecule has 2 aromatic carbocycles. The number of rotatable bonds is 8. The monoisotopic (exact) mass is 412 g/mol. The molecule has 1 aromatic heterocycles. The van der Waals surface area contributed by atoms with Gasteiger partial charge in [0, 0.05) is 23.8 Å². The summed E-state index contributed by atoms with van der Waals surface area (Å²) in [6.45, 7) is 1.91. The van der Waals surface area contributed by atoms with E-state index < -0.39 is 0 Å². The van der Waals surface area contributed by atoms with Crippen LogP contribution in [-0.4, -0.2) is 32.9 Å². The van der Waals surface area contributed by atoms with Crippen molar-refractivity contribution >= 4 is 29.3 Å². The Morgan fingerprint density at radius 2 is 1.76 bits per heavy atom. The van der Waals surface area contributed by atoms with Gasteiger partial charge in [-0.25, -0.2) is 9.37 Å². The smallest absolute Gasteiger partial charge is 0.234 e. The molecule has 8 heteroatoms. The number of nitrogens with one attached hydrogen (secondary N) is 2. The number of carbonyl (C=O) groups is 2. The molecule has 0 fully saturated rings. The maximum Gasteiger partial charge on any atom is 0.234 e. The van der Waals surface area contributed by atoms with Crippen LogP contribution in [0, 0.1) is 5.82 Å². The lowest BCUT2D eigenvalue weighted by atomic mass is 10.1. The van der Waals surface area contributed by atoms with Crippen molar-refractivity contribution < 1.29 is 14.0 Å². The van der Waals surface area contributed by atoms with Crippen molar-refractivity contribution in [3.05, 3.63) is 78.6 Å². The molecule has 0 aliphatic heterocycles. The van der Waals surface area contributed by atoms with E-state index >= 15 is 0 Å². The third-order valence-corrected chi connectivity index (χ3v) is 5.10. The molecule has 150 valence electrons. The second-order valence-corrected chi connectivity index (χ2v) is 7.38. The number of aromatic nitrogens is 2. The maximum atomic E-state index is 12.9. The van der Waals surface area contributed by atoms with Crippen LogP contribution in [-0.2, 0) is 9.59 Å². The van der Waals surface area contributed by atoms with Gasteiger partial charge in [0.25, 0.3) is 0 Å². The lowest BCUT2D eigenvalue weighted by Crippen LogP contribution is -2.28. The normalized spacial score (nSPS) is 11.7. The first-order valence-electron chi connectivity index (χ1n) is 9.02. The van der Waals surface area contributed by atoms with Crippen LogP contribution in [0.4, 0.5) is 10.1 Å². The van der Waals surface area contributed by atoms with Crippen LogP contribution in [0.5, 0.6) is 0 Å². The molecule has 0 saturated heterocycles. The van der Waals surface area contributed by atoms with E-state index in [9.17, 15) is 14.0 Å².